The van der Waals surface area contributed by atoms with Gasteiger partial charge in [0.25, 0.3) is 0 Å². The molecule has 0 unspecified atom stereocenters. The van der Waals surface area contributed by atoms with Crippen LogP contribution >= 0.6 is 27.3 Å². The number of thiophene rings is 1. The van der Waals surface area contributed by atoms with Crippen molar-refractivity contribution in [2.45, 2.75) is 13.3 Å². The molecule has 0 atom stereocenters. The summed E-state index contributed by atoms with van der Waals surface area (Å²) in [5.74, 6) is 0. The van der Waals surface area contributed by atoms with Crippen molar-refractivity contribution >= 4 is 33.3 Å². The molecule has 0 N–H and O–H groups in total. The minimum atomic E-state index is 1.06. The minimum absolute atomic E-state index is 1.06. The average molecular weight is 291 g/mol. The SMILES string of the molecule is Cc1ccc(-c2c(Br)ccc3c2CC=C3)s1. The first-order chi connectivity index (χ1) is 7.75. The maximum Gasteiger partial charge on any atom is 0.0359 e. The third kappa shape index (κ3) is 1.57. The lowest BCUT2D eigenvalue weighted by molar-refractivity contribution is 1.31. The molecule has 1 aliphatic rings. The maximum absolute atomic E-state index is 3.67. The van der Waals surface area contributed by atoms with E-state index in [0.29, 0.717) is 0 Å². The normalized spacial score (nSPS) is 13.1. The van der Waals surface area contributed by atoms with Crippen molar-refractivity contribution < 1.29 is 0 Å². The molecule has 0 bridgehead atoms. The Balaban J connectivity index is 2.25. The highest BCUT2D eigenvalue weighted by atomic mass is 79.9. The minimum Gasteiger partial charge on any atom is -0.141 e. The summed E-state index contributed by atoms with van der Waals surface area (Å²) in [6.45, 7) is 2.16. The molecule has 0 spiro atoms. The maximum atomic E-state index is 3.67. The first-order valence-corrected chi connectivity index (χ1v) is 6.91. The molecule has 1 aromatic carbocycles. The van der Waals surface area contributed by atoms with Crippen molar-refractivity contribution in [1.82, 2.24) is 0 Å². The quantitative estimate of drug-likeness (QED) is 0.689. The molecule has 0 aliphatic heterocycles. The van der Waals surface area contributed by atoms with Gasteiger partial charge < -0.3 is 0 Å². The highest BCUT2D eigenvalue weighted by Gasteiger charge is 2.15. The molecular formula is C14H11BrS. The van der Waals surface area contributed by atoms with Gasteiger partial charge >= 0.3 is 0 Å². The standard InChI is InChI=1S/C14H11BrS/c1-9-5-8-13(16-9)14-11-4-2-3-10(11)6-7-12(14)15/h2-3,5-8H,4H2,1H3. The largest absolute Gasteiger partial charge is 0.141 e. The van der Waals surface area contributed by atoms with E-state index in [1.54, 1.807) is 0 Å². The van der Waals surface area contributed by atoms with Crippen LogP contribution in [0.2, 0.25) is 0 Å². The molecule has 1 heterocycles. The Morgan fingerprint density at radius 1 is 1.19 bits per heavy atom. The lowest BCUT2D eigenvalue weighted by atomic mass is 10.0. The van der Waals surface area contributed by atoms with E-state index in [4.69, 9.17) is 0 Å². The predicted octanol–water partition coefficient (Wildman–Crippen LogP) is 5.06. The van der Waals surface area contributed by atoms with E-state index in [1.165, 1.54) is 30.9 Å². The molecule has 0 fully saturated rings. The Labute approximate surface area is 108 Å². The third-order valence-corrected chi connectivity index (χ3v) is 4.58. The molecule has 0 saturated heterocycles. The molecule has 0 amide bonds. The van der Waals surface area contributed by atoms with E-state index in [1.807, 2.05) is 11.3 Å². The Morgan fingerprint density at radius 2 is 2.06 bits per heavy atom. The second-order valence-corrected chi connectivity index (χ2v) is 6.15. The van der Waals surface area contributed by atoms with E-state index in [9.17, 15) is 0 Å². The van der Waals surface area contributed by atoms with Crippen LogP contribution in [0.15, 0.2) is 34.8 Å². The summed E-state index contributed by atoms with van der Waals surface area (Å²) < 4.78 is 1.21. The number of fused-ring (bicyclic) bond motifs is 1. The van der Waals surface area contributed by atoms with Crippen LogP contribution in [0.25, 0.3) is 16.5 Å². The number of allylic oxidation sites excluding steroid dienone is 1. The Kier molecular flexibility index (Phi) is 2.49. The van der Waals surface area contributed by atoms with E-state index < -0.39 is 0 Å². The Bertz CT molecular complexity index is 578. The zero-order valence-corrected chi connectivity index (χ0v) is 11.4. The Hall–Kier alpha value is -0.860. The van der Waals surface area contributed by atoms with Crippen LogP contribution in [0.4, 0.5) is 0 Å². The second-order valence-electron chi connectivity index (χ2n) is 4.01. The van der Waals surface area contributed by atoms with E-state index >= 15 is 0 Å². The van der Waals surface area contributed by atoms with E-state index in [0.717, 1.165) is 6.42 Å². The molecule has 1 aliphatic carbocycles. The lowest BCUT2D eigenvalue weighted by Crippen LogP contribution is -1.88. The van der Waals surface area contributed by atoms with Crippen molar-refractivity contribution in [2.75, 3.05) is 0 Å². The summed E-state index contributed by atoms with van der Waals surface area (Å²) in [5, 5.41) is 0. The number of rotatable bonds is 1. The molecule has 2 heteroatoms. The average Bonchev–Trinajstić information content (AvgIpc) is 2.86. The van der Waals surface area contributed by atoms with Gasteiger partial charge in [0.2, 0.25) is 0 Å². The number of aryl methyl sites for hydroxylation is 1. The molecule has 0 radical (unpaired) electrons. The van der Waals surface area contributed by atoms with Crippen molar-refractivity contribution in [3.8, 4) is 10.4 Å². The monoisotopic (exact) mass is 290 g/mol. The van der Waals surface area contributed by atoms with Gasteiger partial charge in [0.1, 0.15) is 0 Å². The first-order valence-electron chi connectivity index (χ1n) is 5.30. The summed E-state index contributed by atoms with van der Waals surface area (Å²) in [4.78, 5) is 2.73. The van der Waals surface area contributed by atoms with Crippen LogP contribution in [0.3, 0.4) is 0 Å². The molecule has 2 aromatic rings. The van der Waals surface area contributed by atoms with Gasteiger partial charge in [-0.1, -0.05) is 34.1 Å². The van der Waals surface area contributed by atoms with Gasteiger partial charge in [-0.25, -0.2) is 0 Å². The van der Waals surface area contributed by atoms with Crippen molar-refractivity contribution in [1.29, 1.82) is 0 Å². The van der Waals surface area contributed by atoms with E-state index in [-0.39, 0.29) is 0 Å². The molecular weight excluding hydrogens is 280 g/mol. The van der Waals surface area contributed by atoms with Crippen LogP contribution in [0.1, 0.15) is 16.0 Å². The topological polar surface area (TPSA) is 0 Å². The van der Waals surface area contributed by atoms with Gasteiger partial charge in [0.05, 0.1) is 0 Å². The van der Waals surface area contributed by atoms with Gasteiger partial charge in [0, 0.05) is 19.8 Å². The van der Waals surface area contributed by atoms with Crippen LogP contribution in [0, 0.1) is 6.92 Å². The molecule has 3 rings (SSSR count). The van der Waals surface area contributed by atoms with Crippen molar-refractivity contribution in [2.24, 2.45) is 0 Å². The summed E-state index contributed by atoms with van der Waals surface area (Å²) in [7, 11) is 0. The number of benzene rings is 1. The highest BCUT2D eigenvalue weighted by Crippen LogP contribution is 2.39. The fourth-order valence-corrected chi connectivity index (χ4v) is 3.82. The van der Waals surface area contributed by atoms with Crippen molar-refractivity contribution in [3.05, 3.63) is 50.8 Å². The van der Waals surface area contributed by atoms with Gasteiger partial charge in [0.15, 0.2) is 0 Å². The molecule has 80 valence electrons. The third-order valence-electron chi connectivity index (χ3n) is 2.90. The van der Waals surface area contributed by atoms with Crippen LogP contribution in [0.5, 0.6) is 0 Å². The number of hydrogen-bond acceptors (Lipinski definition) is 1. The van der Waals surface area contributed by atoms with Gasteiger partial charge in [-0.05, 0) is 42.7 Å². The number of hydrogen-bond donors (Lipinski definition) is 0. The van der Waals surface area contributed by atoms with Gasteiger partial charge in [-0.3, -0.25) is 0 Å². The molecule has 1 aromatic heterocycles. The zero-order chi connectivity index (χ0) is 11.1. The van der Waals surface area contributed by atoms with Crippen LogP contribution in [-0.4, -0.2) is 0 Å². The van der Waals surface area contributed by atoms with Gasteiger partial charge in [-0.15, -0.1) is 11.3 Å². The van der Waals surface area contributed by atoms with Crippen molar-refractivity contribution in [3.63, 3.8) is 0 Å². The summed E-state index contributed by atoms with van der Waals surface area (Å²) in [6, 6.07) is 8.75. The predicted molar refractivity (Wildman–Crippen MR) is 74.9 cm³/mol. The molecule has 0 saturated carbocycles. The summed E-state index contributed by atoms with van der Waals surface area (Å²) >= 11 is 5.54. The fraction of sp³-hybridized carbons (Fsp3) is 0.143. The second kappa shape index (κ2) is 3.86. The number of halogens is 1. The van der Waals surface area contributed by atoms with E-state index in [2.05, 4.69) is 59.3 Å². The highest BCUT2D eigenvalue weighted by molar-refractivity contribution is 9.10. The van der Waals surface area contributed by atoms with Crippen LogP contribution < -0.4 is 0 Å². The first kappa shape index (κ1) is 10.3. The molecule has 0 nitrogen and oxygen atoms in total. The fourth-order valence-electron chi connectivity index (χ4n) is 2.15. The van der Waals surface area contributed by atoms with Crippen LogP contribution in [-0.2, 0) is 6.42 Å². The Morgan fingerprint density at radius 3 is 2.81 bits per heavy atom. The summed E-state index contributed by atoms with van der Waals surface area (Å²) in [6.07, 6.45) is 5.51. The lowest BCUT2D eigenvalue weighted by Gasteiger charge is -2.09. The summed E-state index contributed by atoms with van der Waals surface area (Å²) in [5.41, 5.74) is 4.20. The molecule has 16 heavy (non-hydrogen) atoms. The smallest absolute Gasteiger partial charge is 0.0359 e. The van der Waals surface area contributed by atoms with Gasteiger partial charge in [-0.2, -0.15) is 0 Å². The zero-order valence-electron chi connectivity index (χ0n) is 8.96.